The molecular formula is C12H22OS. The predicted octanol–water partition coefficient (Wildman–Crippen LogP) is 2.93. The first-order valence-electron chi connectivity index (χ1n) is 5.90. The Labute approximate surface area is 91.7 Å². The van der Waals surface area contributed by atoms with Crippen molar-refractivity contribution in [1.82, 2.24) is 0 Å². The van der Waals surface area contributed by atoms with Crippen molar-refractivity contribution in [2.45, 2.75) is 45.1 Å². The first kappa shape index (κ1) is 10.8. The Kier molecular flexibility index (Phi) is 3.13. The van der Waals surface area contributed by atoms with Crippen LogP contribution in [0.4, 0.5) is 0 Å². The van der Waals surface area contributed by atoms with E-state index in [0.29, 0.717) is 5.92 Å². The summed E-state index contributed by atoms with van der Waals surface area (Å²) < 4.78 is 0. The van der Waals surface area contributed by atoms with Crippen molar-refractivity contribution >= 4 is 11.8 Å². The lowest BCUT2D eigenvalue weighted by molar-refractivity contribution is -0.0269. The highest BCUT2D eigenvalue weighted by Gasteiger charge is 2.42. The minimum atomic E-state index is -0.312. The quantitative estimate of drug-likeness (QED) is 0.724. The predicted molar refractivity (Wildman–Crippen MR) is 62.6 cm³/mol. The van der Waals surface area contributed by atoms with Crippen LogP contribution in [0.15, 0.2) is 0 Å². The summed E-state index contributed by atoms with van der Waals surface area (Å²) in [5.41, 5.74) is -0.312. The molecule has 1 nitrogen and oxygen atoms in total. The molecule has 1 aliphatic heterocycles. The van der Waals surface area contributed by atoms with Gasteiger partial charge in [0.15, 0.2) is 0 Å². The van der Waals surface area contributed by atoms with Crippen molar-refractivity contribution in [3.63, 3.8) is 0 Å². The third kappa shape index (κ3) is 2.11. The molecule has 14 heavy (non-hydrogen) atoms. The molecule has 1 saturated heterocycles. The van der Waals surface area contributed by atoms with Gasteiger partial charge in [-0.25, -0.2) is 0 Å². The Balaban J connectivity index is 2.02. The maximum Gasteiger partial charge on any atom is 0.0773 e. The molecule has 0 spiro atoms. The molecular weight excluding hydrogens is 192 g/mol. The van der Waals surface area contributed by atoms with E-state index in [1.807, 2.05) is 11.8 Å². The molecule has 1 N–H and O–H groups in total. The molecule has 1 saturated carbocycles. The van der Waals surface area contributed by atoms with Crippen LogP contribution in [-0.4, -0.2) is 22.2 Å². The van der Waals surface area contributed by atoms with Gasteiger partial charge in [0.2, 0.25) is 0 Å². The van der Waals surface area contributed by atoms with Gasteiger partial charge in [-0.15, -0.1) is 0 Å². The van der Waals surface area contributed by atoms with Crippen LogP contribution in [0, 0.1) is 17.8 Å². The summed E-state index contributed by atoms with van der Waals surface area (Å²) in [4.78, 5) is 0. The Bertz CT molecular complexity index is 188. The lowest BCUT2D eigenvalue weighted by Crippen LogP contribution is -2.41. The fourth-order valence-corrected chi connectivity index (χ4v) is 4.65. The van der Waals surface area contributed by atoms with Crippen molar-refractivity contribution in [3.05, 3.63) is 0 Å². The van der Waals surface area contributed by atoms with Crippen LogP contribution in [0.5, 0.6) is 0 Å². The third-order valence-corrected chi connectivity index (χ3v) is 5.17. The minimum absolute atomic E-state index is 0.312. The normalized spacial score (nSPS) is 49.5. The summed E-state index contributed by atoms with van der Waals surface area (Å²) in [6.07, 6.45) is 4.89. The van der Waals surface area contributed by atoms with Crippen LogP contribution in [-0.2, 0) is 0 Å². The zero-order valence-corrected chi connectivity index (χ0v) is 10.1. The van der Waals surface area contributed by atoms with Crippen LogP contribution in [0.1, 0.15) is 39.5 Å². The number of aliphatic hydroxyl groups is 1. The zero-order valence-electron chi connectivity index (χ0n) is 9.33. The van der Waals surface area contributed by atoms with Gasteiger partial charge in [-0.1, -0.05) is 13.8 Å². The van der Waals surface area contributed by atoms with E-state index in [9.17, 15) is 5.11 Å². The van der Waals surface area contributed by atoms with Gasteiger partial charge in [-0.2, -0.15) is 11.8 Å². The van der Waals surface area contributed by atoms with Gasteiger partial charge in [0.05, 0.1) is 5.60 Å². The molecule has 82 valence electrons. The molecule has 0 aromatic carbocycles. The van der Waals surface area contributed by atoms with Gasteiger partial charge in [0, 0.05) is 5.75 Å². The van der Waals surface area contributed by atoms with Crippen molar-refractivity contribution in [1.29, 1.82) is 0 Å². The van der Waals surface area contributed by atoms with Gasteiger partial charge in [-0.3, -0.25) is 0 Å². The highest BCUT2D eigenvalue weighted by molar-refractivity contribution is 7.99. The largest absolute Gasteiger partial charge is 0.389 e. The average molecular weight is 214 g/mol. The average Bonchev–Trinajstić information content (AvgIpc) is 2.52. The molecule has 0 bridgehead atoms. The molecule has 0 aromatic heterocycles. The smallest absolute Gasteiger partial charge is 0.0773 e. The second kappa shape index (κ2) is 4.05. The van der Waals surface area contributed by atoms with E-state index in [1.165, 1.54) is 19.3 Å². The van der Waals surface area contributed by atoms with Gasteiger partial charge in [-0.05, 0) is 49.2 Å². The fraction of sp³-hybridized carbons (Fsp3) is 1.00. The molecule has 3 atom stereocenters. The molecule has 2 aliphatic rings. The molecule has 1 heterocycles. The number of hydrogen-bond acceptors (Lipinski definition) is 2. The van der Waals surface area contributed by atoms with Crippen LogP contribution in [0.2, 0.25) is 0 Å². The standard InChI is InChI=1S/C12H22OS/c1-9-5-10(2)7-11(6-9)12(13)3-4-14-8-12/h9-11,13H,3-8H2,1-2H3. The van der Waals surface area contributed by atoms with E-state index in [4.69, 9.17) is 0 Å². The topological polar surface area (TPSA) is 20.2 Å². The first-order chi connectivity index (χ1) is 6.60. The van der Waals surface area contributed by atoms with Gasteiger partial charge in [0.25, 0.3) is 0 Å². The lowest BCUT2D eigenvalue weighted by atomic mass is 9.69. The van der Waals surface area contributed by atoms with Gasteiger partial charge >= 0.3 is 0 Å². The van der Waals surface area contributed by atoms with Gasteiger partial charge in [0.1, 0.15) is 0 Å². The monoisotopic (exact) mass is 214 g/mol. The van der Waals surface area contributed by atoms with Crippen molar-refractivity contribution in [2.24, 2.45) is 17.8 Å². The summed E-state index contributed by atoms with van der Waals surface area (Å²) in [5, 5.41) is 10.5. The fourth-order valence-electron chi connectivity index (χ4n) is 3.28. The minimum Gasteiger partial charge on any atom is -0.389 e. The van der Waals surface area contributed by atoms with Gasteiger partial charge < -0.3 is 5.11 Å². The summed E-state index contributed by atoms with van der Waals surface area (Å²) in [6, 6.07) is 0. The Morgan fingerprint density at radius 3 is 2.29 bits per heavy atom. The molecule has 2 rings (SSSR count). The van der Waals surface area contributed by atoms with E-state index >= 15 is 0 Å². The molecule has 0 aromatic rings. The lowest BCUT2D eigenvalue weighted by Gasteiger charge is -2.40. The highest BCUT2D eigenvalue weighted by Crippen LogP contribution is 2.44. The van der Waals surface area contributed by atoms with Crippen molar-refractivity contribution < 1.29 is 5.11 Å². The van der Waals surface area contributed by atoms with Crippen LogP contribution >= 0.6 is 11.8 Å². The third-order valence-electron chi connectivity index (χ3n) is 3.97. The van der Waals surface area contributed by atoms with Crippen LogP contribution < -0.4 is 0 Å². The second-order valence-electron chi connectivity index (χ2n) is 5.52. The summed E-state index contributed by atoms with van der Waals surface area (Å²) in [7, 11) is 0. The van der Waals surface area contributed by atoms with Crippen LogP contribution in [0.3, 0.4) is 0 Å². The number of hydrogen-bond donors (Lipinski definition) is 1. The van der Waals surface area contributed by atoms with E-state index in [-0.39, 0.29) is 5.60 Å². The van der Waals surface area contributed by atoms with E-state index in [2.05, 4.69) is 13.8 Å². The maximum atomic E-state index is 10.5. The van der Waals surface area contributed by atoms with E-state index in [0.717, 1.165) is 29.8 Å². The van der Waals surface area contributed by atoms with E-state index < -0.39 is 0 Å². The molecule has 2 heteroatoms. The van der Waals surface area contributed by atoms with Crippen LogP contribution in [0.25, 0.3) is 0 Å². The zero-order chi connectivity index (χ0) is 10.2. The number of rotatable bonds is 1. The second-order valence-corrected chi connectivity index (χ2v) is 6.63. The Morgan fingerprint density at radius 1 is 1.14 bits per heavy atom. The maximum absolute atomic E-state index is 10.5. The Morgan fingerprint density at radius 2 is 1.79 bits per heavy atom. The molecule has 2 fully saturated rings. The Hall–Kier alpha value is 0.310. The van der Waals surface area contributed by atoms with Crippen molar-refractivity contribution in [2.75, 3.05) is 11.5 Å². The molecule has 3 unspecified atom stereocenters. The molecule has 0 radical (unpaired) electrons. The summed E-state index contributed by atoms with van der Waals surface area (Å²) in [6.45, 7) is 4.68. The highest BCUT2D eigenvalue weighted by atomic mass is 32.2. The summed E-state index contributed by atoms with van der Waals surface area (Å²) >= 11 is 1.93. The summed E-state index contributed by atoms with van der Waals surface area (Å²) in [5.74, 6) is 4.36. The molecule has 1 aliphatic carbocycles. The number of thioether (sulfide) groups is 1. The first-order valence-corrected chi connectivity index (χ1v) is 7.06. The van der Waals surface area contributed by atoms with Crippen molar-refractivity contribution in [3.8, 4) is 0 Å². The SMILES string of the molecule is CC1CC(C)CC(C2(O)CCSC2)C1. The molecule has 0 amide bonds. The van der Waals surface area contributed by atoms with E-state index in [1.54, 1.807) is 0 Å².